The molecule has 0 aliphatic heterocycles. The Morgan fingerprint density at radius 3 is 2.71 bits per heavy atom. The third-order valence-corrected chi connectivity index (χ3v) is 2.78. The number of hydrogen-bond donors (Lipinski definition) is 2. The second-order valence-corrected chi connectivity index (χ2v) is 4.20. The van der Waals surface area contributed by atoms with Crippen LogP contribution in [0.3, 0.4) is 0 Å². The van der Waals surface area contributed by atoms with Gasteiger partial charge in [-0.1, -0.05) is 23.2 Å². The first-order valence-corrected chi connectivity index (χ1v) is 5.75. The largest absolute Gasteiger partial charge is 0.472 e. The lowest BCUT2D eigenvalue weighted by molar-refractivity contribution is 0.564. The van der Waals surface area contributed by atoms with E-state index >= 15 is 0 Å². The highest BCUT2D eigenvalue weighted by Gasteiger charge is 2.08. The first-order valence-electron chi connectivity index (χ1n) is 4.99. The van der Waals surface area contributed by atoms with Crippen LogP contribution >= 0.6 is 23.2 Å². The third kappa shape index (κ3) is 2.84. The minimum atomic E-state index is 0.484. The second kappa shape index (κ2) is 5.29. The van der Waals surface area contributed by atoms with E-state index < -0.39 is 0 Å². The van der Waals surface area contributed by atoms with Crippen molar-refractivity contribution >= 4 is 34.8 Å². The highest BCUT2D eigenvalue weighted by atomic mass is 35.5. The molecule has 90 valence electrons. The fraction of sp³-hybridized carbons (Fsp3) is 0.182. The topological polar surface area (TPSA) is 50.1 Å². The number of hydrogen-bond acceptors (Lipinski definition) is 4. The van der Waals surface area contributed by atoms with Crippen molar-refractivity contribution in [3.63, 3.8) is 0 Å². The maximum absolute atomic E-state index is 6.04. The molecule has 0 aliphatic carbocycles. The van der Waals surface area contributed by atoms with Crippen molar-refractivity contribution in [3.05, 3.63) is 40.3 Å². The van der Waals surface area contributed by atoms with Crippen molar-refractivity contribution in [3.8, 4) is 0 Å². The number of pyridine rings is 1. The van der Waals surface area contributed by atoms with Gasteiger partial charge >= 0.3 is 0 Å². The van der Waals surface area contributed by atoms with E-state index in [9.17, 15) is 0 Å². The number of anilines is 2. The van der Waals surface area contributed by atoms with Crippen molar-refractivity contribution in [2.24, 2.45) is 0 Å². The van der Waals surface area contributed by atoms with Crippen LogP contribution in [0, 0.1) is 0 Å². The molecule has 0 atom stereocenters. The molecule has 0 saturated carbocycles. The van der Waals surface area contributed by atoms with Crippen LogP contribution < -0.4 is 10.6 Å². The Kier molecular flexibility index (Phi) is 3.76. The molecule has 6 heteroatoms. The number of rotatable bonds is 4. The molecular formula is C11H11Cl2N3O. The molecule has 0 fully saturated rings. The standard InChI is InChI=1S/C11H11Cl2N3O/c1-14-10-8(12)4-9(13)11(16-10)15-5-7-2-3-17-6-7/h2-4,6H,5H2,1H3,(H2,14,15,16). The van der Waals surface area contributed by atoms with Gasteiger partial charge in [-0.2, -0.15) is 0 Å². The SMILES string of the molecule is CNc1nc(NCc2ccoc2)c(Cl)cc1Cl. The average Bonchev–Trinajstić information content (AvgIpc) is 2.81. The lowest BCUT2D eigenvalue weighted by Gasteiger charge is -2.09. The van der Waals surface area contributed by atoms with Crippen LogP contribution in [-0.2, 0) is 6.54 Å². The molecule has 0 unspecified atom stereocenters. The monoisotopic (exact) mass is 271 g/mol. The molecular weight excluding hydrogens is 261 g/mol. The van der Waals surface area contributed by atoms with Gasteiger partial charge in [0.1, 0.15) is 11.6 Å². The smallest absolute Gasteiger partial charge is 0.147 e. The number of furan rings is 1. The van der Waals surface area contributed by atoms with Gasteiger partial charge in [-0.3, -0.25) is 0 Å². The van der Waals surface area contributed by atoms with E-state index in [0.717, 1.165) is 5.56 Å². The predicted octanol–water partition coefficient (Wildman–Crippen LogP) is 3.64. The van der Waals surface area contributed by atoms with E-state index in [1.165, 1.54) is 0 Å². The van der Waals surface area contributed by atoms with Gasteiger partial charge < -0.3 is 15.1 Å². The van der Waals surface area contributed by atoms with Gasteiger partial charge in [0.25, 0.3) is 0 Å². The zero-order chi connectivity index (χ0) is 12.3. The molecule has 0 amide bonds. The lowest BCUT2D eigenvalue weighted by Crippen LogP contribution is -2.03. The van der Waals surface area contributed by atoms with E-state index in [-0.39, 0.29) is 0 Å². The van der Waals surface area contributed by atoms with E-state index in [2.05, 4.69) is 15.6 Å². The molecule has 0 spiro atoms. The minimum absolute atomic E-state index is 0.484. The summed E-state index contributed by atoms with van der Waals surface area (Å²) in [5, 5.41) is 6.99. The van der Waals surface area contributed by atoms with Crippen LogP contribution in [-0.4, -0.2) is 12.0 Å². The van der Waals surface area contributed by atoms with Gasteiger partial charge in [0.05, 0.1) is 22.6 Å². The molecule has 0 radical (unpaired) electrons. The quantitative estimate of drug-likeness (QED) is 0.892. The Morgan fingerprint density at radius 2 is 2.06 bits per heavy atom. The number of aromatic nitrogens is 1. The van der Waals surface area contributed by atoms with Crippen LogP contribution in [0.2, 0.25) is 10.0 Å². The van der Waals surface area contributed by atoms with Gasteiger partial charge in [-0.05, 0) is 12.1 Å². The number of nitrogens with one attached hydrogen (secondary N) is 2. The Balaban J connectivity index is 2.15. The summed E-state index contributed by atoms with van der Waals surface area (Å²) in [5.74, 6) is 1.17. The summed E-state index contributed by atoms with van der Waals surface area (Å²) >= 11 is 12.0. The zero-order valence-electron chi connectivity index (χ0n) is 9.13. The summed E-state index contributed by atoms with van der Waals surface area (Å²) in [6.45, 7) is 0.591. The molecule has 2 aromatic heterocycles. The summed E-state index contributed by atoms with van der Waals surface area (Å²) in [6, 6.07) is 3.52. The van der Waals surface area contributed by atoms with Gasteiger partial charge in [0.2, 0.25) is 0 Å². The van der Waals surface area contributed by atoms with Gasteiger partial charge in [0.15, 0.2) is 0 Å². The summed E-state index contributed by atoms with van der Waals surface area (Å²) in [6.07, 6.45) is 3.28. The van der Waals surface area contributed by atoms with Crippen LogP contribution in [0.1, 0.15) is 5.56 Å². The van der Waals surface area contributed by atoms with Crippen LogP contribution in [0.5, 0.6) is 0 Å². The Labute approximate surface area is 109 Å². The first-order chi connectivity index (χ1) is 8.20. The van der Waals surface area contributed by atoms with Crippen molar-refractivity contribution < 1.29 is 4.42 Å². The Hall–Kier alpha value is -1.39. The highest BCUT2D eigenvalue weighted by Crippen LogP contribution is 2.29. The summed E-state index contributed by atoms with van der Waals surface area (Å²) in [4.78, 5) is 4.27. The highest BCUT2D eigenvalue weighted by molar-refractivity contribution is 6.37. The Bertz CT molecular complexity index is 500. The fourth-order valence-electron chi connectivity index (χ4n) is 1.34. The van der Waals surface area contributed by atoms with Crippen molar-refractivity contribution in [1.29, 1.82) is 0 Å². The molecule has 17 heavy (non-hydrogen) atoms. The maximum atomic E-state index is 6.04. The summed E-state index contributed by atoms with van der Waals surface area (Å²) in [7, 11) is 1.75. The number of halogens is 2. The van der Waals surface area contributed by atoms with E-state index in [0.29, 0.717) is 28.2 Å². The predicted molar refractivity (Wildman–Crippen MR) is 69.8 cm³/mol. The summed E-state index contributed by atoms with van der Waals surface area (Å²) in [5.41, 5.74) is 1.02. The molecule has 2 heterocycles. The molecule has 2 aromatic rings. The van der Waals surface area contributed by atoms with Crippen molar-refractivity contribution in [2.45, 2.75) is 6.54 Å². The van der Waals surface area contributed by atoms with E-state index in [4.69, 9.17) is 27.6 Å². The summed E-state index contributed by atoms with van der Waals surface area (Å²) < 4.78 is 4.97. The molecule has 2 rings (SSSR count). The normalized spacial score (nSPS) is 10.3. The molecule has 0 bridgehead atoms. The van der Waals surface area contributed by atoms with Gasteiger partial charge in [0, 0.05) is 19.2 Å². The van der Waals surface area contributed by atoms with Crippen molar-refractivity contribution in [1.82, 2.24) is 4.98 Å². The van der Waals surface area contributed by atoms with Gasteiger partial charge in [-0.15, -0.1) is 0 Å². The molecule has 0 aromatic carbocycles. The van der Waals surface area contributed by atoms with Crippen molar-refractivity contribution in [2.75, 3.05) is 17.7 Å². The van der Waals surface area contributed by atoms with Crippen LogP contribution in [0.15, 0.2) is 29.1 Å². The van der Waals surface area contributed by atoms with Gasteiger partial charge in [-0.25, -0.2) is 4.98 Å². The van der Waals surface area contributed by atoms with Crippen LogP contribution in [0.4, 0.5) is 11.6 Å². The minimum Gasteiger partial charge on any atom is -0.472 e. The second-order valence-electron chi connectivity index (χ2n) is 3.38. The zero-order valence-corrected chi connectivity index (χ0v) is 10.6. The van der Waals surface area contributed by atoms with E-state index in [1.54, 1.807) is 25.6 Å². The molecule has 0 aliphatic rings. The lowest BCUT2D eigenvalue weighted by atomic mass is 10.3. The average molecular weight is 272 g/mol. The molecule has 0 saturated heterocycles. The van der Waals surface area contributed by atoms with Crippen LogP contribution in [0.25, 0.3) is 0 Å². The van der Waals surface area contributed by atoms with E-state index in [1.807, 2.05) is 6.07 Å². The molecule has 2 N–H and O–H groups in total. The first kappa shape index (κ1) is 12.1. The maximum Gasteiger partial charge on any atom is 0.147 e. The Morgan fingerprint density at radius 1 is 1.29 bits per heavy atom. The molecule has 4 nitrogen and oxygen atoms in total. The number of nitrogens with zero attached hydrogens (tertiary/aromatic N) is 1. The fourth-order valence-corrected chi connectivity index (χ4v) is 1.86. The third-order valence-electron chi connectivity index (χ3n) is 2.21.